The fraction of sp³-hybridized carbons (Fsp3) is 0.800. The van der Waals surface area contributed by atoms with E-state index in [0.29, 0.717) is 18.5 Å². The van der Waals surface area contributed by atoms with E-state index in [1.165, 1.54) is 23.0 Å². The lowest BCUT2D eigenvalue weighted by Crippen LogP contribution is -2.32. The van der Waals surface area contributed by atoms with Gasteiger partial charge in [-0.25, -0.2) is 0 Å². The zero-order chi connectivity index (χ0) is 11.9. The molecule has 2 rings (SSSR count). The summed E-state index contributed by atoms with van der Waals surface area (Å²) in [4.78, 5) is 4.33. The molecular weight excluding hydrogens is 274 g/mol. The van der Waals surface area contributed by atoms with Crippen molar-refractivity contribution in [2.24, 2.45) is 0 Å². The van der Waals surface area contributed by atoms with Gasteiger partial charge in [-0.15, -0.1) is 0 Å². The molecule has 4 nitrogen and oxygen atoms in total. The molecule has 0 unspecified atom stereocenters. The van der Waals surface area contributed by atoms with Crippen LogP contribution in [-0.2, 0) is 12.3 Å². The van der Waals surface area contributed by atoms with Crippen molar-refractivity contribution < 1.29 is 4.52 Å². The van der Waals surface area contributed by atoms with Gasteiger partial charge in [-0.3, -0.25) is 0 Å². The van der Waals surface area contributed by atoms with Gasteiger partial charge in [0.05, 0.1) is 12.3 Å². The topological polar surface area (TPSA) is 51.0 Å². The molecule has 96 valence electrons. The van der Waals surface area contributed by atoms with Crippen LogP contribution in [0.3, 0.4) is 0 Å². The monoisotopic (exact) mass is 291 g/mol. The molecule has 1 N–H and O–H groups in total. The van der Waals surface area contributed by atoms with E-state index in [2.05, 4.69) is 15.5 Å². The molecule has 1 aliphatic rings. The van der Waals surface area contributed by atoms with E-state index in [0.717, 1.165) is 11.6 Å². The van der Waals surface area contributed by atoms with Crippen molar-refractivity contribution in [1.29, 1.82) is 0 Å². The third-order valence-corrected chi connectivity index (χ3v) is 5.40. The number of nitrogens with one attached hydrogen (secondary N) is 1. The molecule has 1 aromatic heterocycles. The van der Waals surface area contributed by atoms with Gasteiger partial charge < -0.3 is 9.84 Å². The van der Waals surface area contributed by atoms with Crippen molar-refractivity contribution in [2.45, 2.75) is 18.3 Å². The van der Waals surface area contributed by atoms with Gasteiger partial charge in [0.2, 0.25) is 5.89 Å². The summed E-state index contributed by atoms with van der Waals surface area (Å²) in [7, 11) is 0. The van der Waals surface area contributed by atoms with Crippen molar-refractivity contribution >= 4 is 35.3 Å². The van der Waals surface area contributed by atoms with Crippen LogP contribution in [-0.4, -0.2) is 45.4 Å². The summed E-state index contributed by atoms with van der Waals surface area (Å²) in [5, 5.41) is 7.42. The molecule has 1 aliphatic heterocycles. The molecule has 0 amide bonds. The quantitative estimate of drug-likeness (QED) is 0.888. The SMILES string of the molecule is CSCc1noc(CNC2CSCCSC2)n1. The second kappa shape index (κ2) is 7.56. The zero-order valence-electron chi connectivity index (χ0n) is 9.85. The van der Waals surface area contributed by atoms with Crippen LogP contribution >= 0.6 is 35.3 Å². The van der Waals surface area contributed by atoms with Gasteiger partial charge in [-0.05, 0) is 6.26 Å². The molecule has 0 bridgehead atoms. The Kier molecular flexibility index (Phi) is 6.03. The summed E-state index contributed by atoms with van der Waals surface area (Å²) < 4.78 is 5.19. The summed E-state index contributed by atoms with van der Waals surface area (Å²) in [5.74, 6) is 7.20. The molecule has 0 radical (unpaired) electrons. The van der Waals surface area contributed by atoms with Crippen LogP contribution < -0.4 is 5.32 Å². The highest BCUT2D eigenvalue weighted by Gasteiger charge is 2.13. The lowest BCUT2D eigenvalue weighted by Gasteiger charge is -2.13. The number of thioether (sulfide) groups is 3. The number of hydrogen-bond acceptors (Lipinski definition) is 7. The third kappa shape index (κ3) is 4.73. The summed E-state index contributed by atoms with van der Waals surface area (Å²) in [6.07, 6.45) is 2.04. The van der Waals surface area contributed by atoms with Crippen molar-refractivity contribution in [3.8, 4) is 0 Å². The smallest absolute Gasteiger partial charge is 0.240 e. The maximum absolute atomic E-state index is 5.19. The van der Waals surface area contributed by atoms with Crippen LogP contribution in [0.25, 0.3) is 0 Å². The van der Waals surface area contributed by atoms with Crippen LogP contribution in [0.4, 0.5) is 0 Å². The first-order chi connectivity index (χ1) is 8.38. The summed E-state index contributed by atoms with van der Waals surface area (Å²) in [6, 6.07) is 0.559. The van der Waals surface area contributed by atoms with Gasteiger partial charge >= 0.3 is 0 Å². The Morgan fingerprint density at radius 3 is 2.88 bits per heavy atom. The molecule has 0 spiro atoms. The summed E-state index contributed by atoms with van der Waals surface area (Å²) in [5.41, 5.74) is 0. The zero-order valence-corrected chi connectivity index (χ0v) is 12.3. The fourth-order valence-corrected chi connectivity index (χ4v) is 4.36. The predicted octanol–water partition coefficient (Wildman–Crippen LogP) is 1.87. The molecule has 0 aromatic carbocycles. The van der Waals surface area contributed by atoms with Gasteiger partial charge in [0.1, 0.15) is 0 Å². The standard InChI is InChI=1S/C10H17N3OS3/c1-15-7-9-12-10(14-13-9)4-11-8-5-16-2-3-17-6-8/h8,11H,2-7H2,1H3. The van der Waals surface area contributed by atoms with Crippen molar-refractivity contribution in [1.82, 2.24) is 15.5 Å². The van der Waals surface area contributed by atoms with Crippen molar-refractivity contribution in [2.75, 3.05) is 29.3 Å². The largest absolute Gasteiger partial charge is 0.338 e. The minimum Gasteiger partial charge on any atom is -0.338 e. The average molecular weight is 291 g/mol. The van der Waals surface area contributed by atoms with Crippen molar-refractivity contribution in [3.63, 3.8) is 0 Å². The first-order valence-corrected chi connectivity index (χ1v) is 9.28. The van der Waals surface area contributed by atoms with Crippen molar-refractivity contribution in [3.05, 3.63) is 11.7 Å². The van der Waals surface area contributed by atoms with Crippen LogP contribution in [0, 0.1) is 0 Å². The Morgan fingerprint density at radius 1 is 1.41 bits per heavy atom. The van der Waals surface area contributed by atoms with E-state index >= 15 is 0 Å². The van der Waals surface area contributed by atoms with Gasteiger partial charge in [0, 0.05) is 29.1 Å². The van der Waals surface area contributed by atoms with E-state index in [1.807, 2.05) is 29.8 Å². The molecule has 1 fully saturated rings. The number of hydrogen-bond donors (Lipinski definition) is 1. The molecule has 17 heavy (non-hydrogen) atoms. The second-order valence-electron chi connectivity index (χ2n) is 3.77. The van der Waals surface area contributed by atoms with E-state index < -0.39 is 0 Å². The summed E-state index contributed by atoms with van der Waals surface area (Å²) in [6.45, 7) is 0.688. The lowest BCUT2D eigenvalue weighted by molar-refractivity contribution is 0.359. The first kappa shape index (κ1) is 13.6. The summed E-state index contributed by atoms with van der Waals surface area (Å²) >= 11 is 5.74. The van der Waals surface area contributed by atoms with Gasteiger partial charge in [-0.2, -0.15) is 40.3 Å². The predicted molar refractivity (Wildman–Crippen MR) is 76.8 cm³/mol. The maximum atomic E-state index is 5.19. The Balaban J connectivity index is 1.75. The molecule has 1 aromatic rings. The number of aromatic nitrogens is 2. The van der Waals surface area contributed by atoms with Crippen LogP contribution in [0.15, 0.2) is 4.52 Å². The van der Waals surface area contributed by atoms with Gasteiger partial charge in [0.25, 0.3) is 0 Å². The van der Waals surface area contributed by atoms with E-state index in [-0.39, 0.29) is 0 Å². The molecule has 2 heterocycles. The van der Waals surface area contributed by atoms with Crippen LogP contribution in [0.5, 0.6) is 0 Å². The fourth-order valence-electron chi connectivity index (χ4n) is 1.52. The molecule has 0 saturated carbocycles. The van der Waals surface area contributed by atoms with E-state index in [9.17, 15) is 0 Å². The van der Waals surface area contributed by atoms with E-state index in [4.69, 9.17) is 4.52 Å². The van der Waals surface area contributed by atoms with Crippen LogP contribution in [0.2, 0.25) is 0 Å². The normalized spacial score (nSPS) is 18.2. The first-order valence-electron chi connectivity index (χ1n) is 5.57. The third-order valence-electron chi connectivity index (χ3n) is 2.34. The number of nitrogens with zero attached hydrogens (tertiary/aromatic N) is 2. The highest BCUT2D eigenvalue weighted by molar-refractivity contribution is 8.03. The minimum absolute atomic E-state index is 0.559. The van der Waals surface area contributed by atoms with E-state index in [1.54, 1.807) is 11.8 Å². The maximum Gasteiger partial charge on any atom is 0.240 e. The second-order valence-corrected chi connectivity index (χ2v) is 6.93. The Labute approximate surface area is 114 Å². The highest BCUT2D eigenvalue weighted by Crippen LogP contribution is 2.16. The Hall–Kier alpha value is 0.150. The van der Waals surface area contributed by atoms with Gasteiger partial charge in [-0.1, -0.05) is 5.16 Å². The van der Waals surface area contributed by atoms with Gasteiger partial charge in [0.15, 0.2) is 5.82 Å². The molecule has 7 heteroatoms. The Morgan fingerprint density at radius 2 is 2.18 bits per heavy atom. The Bertz CT molecular complexity index is 326. The van der Waals surface area contributed by atoms with Crippen LogP contribution in [0.1, 0.15) is 11.7 Å². The minimum atomic E-state index is 0.559. The molecule has 0 aliphatic carbocycles. The molecule has 1 saturated heterocycles. The average Bonchev–Trinajstić information content (AvgIpc) is 2.63. The lowest BCUT2D eigenvalue weighted by atomic mass is 10.4. The molecular formula is C10H17N3OS3. The highest BCUT2D eigenvalue weighted by atomic mass is 32.2. The number of rotatable bonds is 5. The molecule has 0 atom stereocenters.